The van der Waals surface area contributed by atoms with Crippen molar-refractivity contribution >= 4 is 6.29 Å². The predicted molar refractivity (Wildman–Crippen MR) is 34.2 cm³/mol. The highest BCUT2D eigenvalue weighted by Crippen LogP contribution is 2.27. The third kappa shape index (κ3) is 1.52. The third-order valence-electron chi connectivity index (χ3n) is 1.63. The van der Waals surface area contributed by atoms with Crippen LogP contribution in [0.15, 0.2) is 0 Å². The summed E-state index contributed by atoms with van der Waals surface area (Å²) in [5.41, 5.74) is -0.0639. The standard InChI is InChI=1S/C7H12O2/c1-7(2)3-6(4-8)5-9-7/h4,6H,3,5H2,1-2H3/t6-/m0/s1. The van der Waals surface area contributed by atoms with Gasteiger partial charge in [0.05, 0.1) is 12.2 Å². The maximum atomic E-state index is 10.2. The summed E-state index contributed by atoms with van der Waals surface area (Å²) in [6.45, 7) is 4.63. The molecule has 0 spiro atoms. The lowest BCUT2D eigenvalue weighted by molar-refractivity contribution is -0.111. The van der Waals surface area contributed by atoms with Gasteiger partial charge in [0.15, 0.2) is 0 Å². The average molecular weight is 128 g/mol. The summed E-state index contributed by atoms with van der Waals surface area (Å²) in [6.07, 6.45) is 1.85. The Morgan fingerprint density at radius 1 is 1.67 bits per heavy atom. The Hall–Kier alpha value is -0.370. The zero-order valence-electron chi connectivity index (χ0n) is 5.89. The van der Waals surface area contributed by atoms with E-state index >= 15 is 0 Å². The van der Waals surface area contributed by atoms with Gasteiger partial charge in [-0.2, -0.15) is 0 Å². The minimum absolute atomic E-state index is 0.0639. The number of carbonyl (C=O) groups is 1. The van der Waals surface area contributed by atoms with E-state index in [9.17, 15) is 4.79 Å². The van der Waals surface area contributed by atoms with Gasteiger partial charge in [-0.1, -0.05) is 0 Å². The highest BCUT2D eigenvalue weighted by Gasteiger charge is 2.31. The highest BCUT2D eigenvalue weighted by molar-refractivity contribution is 5.54. The molecule has 0 aromatic carbocycles. The van der Waals surface area contributed by atoms with Crippen molar-refractivity contribution in [2.24, 2.45) is 5.92 Å². The number of aldehydes is 1. The summed E-state index contributed by atoms with van der Waals surface area (Å²) in [5.74, 6) is 0.139. The largest absolute Gasteiger partial charge is 0.375 e. The van der Waals surface area contributed by atoms with Crippen molar-refractivity contribution in [1.29, 1.82) is 0 Å². The summed E-state index contributed by atoms with van der Waals surface area (Å²) < 4.78 is 5.31. The van der Waals surface area contributed by atoms with Gasteiger partial charge in [0, 0.05) is 5.92 Å². The summed E-state index contributed by atoms with van der Waals surface area (Å²) in [7, 11) is 0. The van der Waals surface area contributed by atoms with Crippen molar-refractivity contribution in [3.8, 4) is 0 Å². The van der Waals surface area contributed by atoms with Crippen LogP contribution >= 0.6 is 0 Å². The fourth-order valence-electron chi connectivity index (χ4n) is 1.17. The molecule has 0 bridgehead atoms. The van der Waals surface area contributed by atoms with Crippen molar-refractivity contribution in [3.05, 3.63) is 0 Å². The minimum atomic E-state index is -0.0639. The number of hydrogen-bond donors (Lipinski definition) is 0. The molecule has 0 amide bonds. The first kappa shape index (κ1) is 6.75. The predicted octanol–water partition coefficient (Wildman–Crippen LogP) is 1.00. The number of carbonyl (C=O) groups excluding carboxylic acids is 1. The Bertz CT molecular complexity index is 118. The van der Waals surface area contributed by atoms with E-state index in [1.165, 1.54) is 0 Å². The summed E-state index contributed by atoms with van der Waals surface area (Å²) in [6, 6.07) is 0. The SMILES string of the molecule is CC1(C)C[C@@H](C=O)CO1. The molecule has 9 heavy (non-hydrogen) atoms. The smallest absolute Gasteiger partial charge is 0.125 e. The van der Waals surface area contributed by atoms with Crippen LogP contribution in [0.1, 0.15) is 20.3 Å². The van der Waals surface area contributed by atoms with Crippen LogP contribution in [-0.4, -0.2) is 18.5 Å². The molecule has 1 aliphatic rings. The van der Waals surface area contributed by atoms with Crippen LogP contribution < -0.4 is 0 Å². The summed E-state index contributed by atoms with van der Waals surface area (Å²) in [4.78, 5) is 10.2. The molecule has 2 heteroatoms. The van der Waals surface area contributed by atoms with E-state index in [1.54, 1.807) is 0 Å². The van der Waals surface area contributed by atoms with Gasteiger partial charge in [0.2, 0.25) is 0 Å². The minimum Gasteiger partial charge on any atom is -0.375 e. The zero-order chi connectivity index (χ0) is 6.91. The molecule has 0 N–H and O–H groups in total. The Morgan fingerprint density at radius 2 is 2.33 bits per heavy atom. The molecule has 0 unspecified atom stereocenters. The van der Waals surface area contributed by atoms with Gasteiger partial charge in [-0.05, 0) is 20.3 Å². The molecule has 1 saturated heterocycles. The first-order valence-corrected chi connectivity index (χ1v) is 3.23. The molecule has 1 atom stereocenters. The Balaban J connectivity index is 2.47. The first-order chi connectivity index (χ1) is 4.14. The molecule has 1 aliphatic heterocycles. The average Bonchev–Trinajstić information content (AvgIpc) is 2.10. The third-order valence-corrected chi connectivity index (χ3v) is 1.63. The molecule has 0 aromatic rings. The molecule has 52 valence electrons. The molecular formula is C7H12O2. The van der Waals surface area contributed by atoms with E-state index in [0.29, 0.717) is 6.61 Å². The van der Waals surface area contributed by atoms with Gasteiger partial charge >= 0.3 is 0 Å². The molecule has 0 radical (unpaired) electrons. The lowest BCUT2D eigenvalue weighted by Crippen LogP contribution is -2.16. The topological polar surface area (TPSA) is 26.3 Å². The van der Waals surface area contributed by atoms with Crippen molar-refractivity contribution < 1.29 is 9.53 Å². The number of ether oxygens (including phenoxy) is 1. The molecule has 1 fully saturated rings. The van der Waals surface area contributed by atoms with E-state index < -0.39 is 0 Å². The van der Waals surface area contributed by atoms with E-state index in [-0.39, 0.29) is 11.5 Å². The number of hydrogen-bond acceptors (Lipinski definition) is 2. The quantitative estimate of drug-likeness (QED) is 0.492. The van der Waals surface area contributed by atoms with Crippen LogP contribution in [-0.2, 0) is 9.53 Å². The first-order valence-electron chi connectivity index (χ1n) is 3.23. The van der Waals surface area contributed by atoms with Crippen LogP contribution in [0.5, 0.6) is 0 Å². The fraction of sp³-hybridized carbons (Fsp3) is 0.857. The Morgan fingerprint density at radius 3 is 2.56 bits per heavy atom. The second-order valence-corrected chi connectivity index (χ2v) is 3.17. The van der Waals surface area contributed by atoms with Crippen LogP contribution in [0, 0.1) is 5.92 Å². The van der Waals surface area contributed by atoms with E-state index in [2.05, 4.69) is 0 Å². The fourth-order valence-corrected chi connectivity index (χ4v) is 1.17. The van der Waals surface area contributed by atoms with Crippen molar-refractivity contribution in [3.63, 3.8) is 0 Å². The Kier molecular flexibility index (Phi) is 1.58. The van der Waals surface area contributed by atoms with Crippen LogP contribution in [0.25, 0.3) is 0 Å². The van der Waals surface area contributed by atoms with E-state index in [4.69, 9.17) is 4.74 Å². The van der Waals surface area contributed by atoms with Crippen LogP contribution in [0.2, 0.25) is 0 Å². The second-order valence-electron chi connectivity index (χ2n) is 3.17. The highest BCUT2D eigenvalue weighted by atomic mass is 16.5. The van der Waals surface area contributed by atoms with Crippen LogP contribution in [0.4, 0.5) is 0 Å². The zero-order valence-corrected chi connectivity index (χ0v) is 5.89. The van der Waals surface area contributed by atoms with Gasteiger partial charge in [0.25, 0.3) is 0 Å². The van der Waals surface area contributed by atoms with Gasteiger partial charge in [0.1, 0.15) is 6.29 Å². The second kappa shape index (κ2) is 2.10. The van der Waals surface area contributed by atoms with Gasteiger partial charge in [-0.3, -0.25) is 0 Å². The van der Waals surface area contributed by atoms with Crippen molar-refractivity contribution in [2.75, 3.05) is 6.61 Å². The monoisotopic (exact) mass is 128 g/mol. The van der Waals surface area contributed by atoms with Gasteiger partial charge < -0.3 is 9.53 Å². The molecule has 0 aliphatic carbocycles. The Labute approximate surface area is 55.2 Å². The molecule has 0 aromatic heterocycles. The number of rotatable bonds is 1. The molecule has 1 heterocycles. The van der Waals surface area contributed by atoms with Crippen molar-refractivity contribution in [2.45, 2.75) is 25.9 Å². The molecule has 0 saturated carbocycles. The molecule has 2 nitrogen and oxygen atoms in total. The van der Waals surface area contributed by atoms with Crippen molar-refractivity contribution in [1.82, 2.24) is 0 Å². The summed E-state index contributed by atoms with van der Waals surface area (Å²) in [5, 5.41) is 0. The molecule has 1 rings (SSSR count). The molecular weight excluding hydrogens is 116 g/mol. The van der Waals surface area contributed by atoms with E-state index in [1.807, 2.05) is 13.8 Å². The van der Waals surface area contributed by atoms with Gasteiger partial charge in [-0.25, -0.2) is 0 Å². The maximum Gasteiger partial charge on any atom is 0.125 e. The van der Waals surface area contributed by atoms with Crippen LogP contribution in [0.3, 0.4) is 0 Å². The van der Waals surface area contributed by atoms with E-state index in [0.717, 1.165) is 12.7 Å². The maximum absolute atomic E-state index is 10.2. The lowest BCUT2D eigenvalue weighted by atomic mass is 9.99. The lowest BCUT2D eigenvalue weighted by Gasteiger charge is -2.14. The summed E-state index contributed by atoms with van der Waals surface area (Å²) >= 11 is 0. The normalized spacial score (nSPS) is 32.4. The van der Waals surface area contributed by atoms with Gasteiger partial charge in [-0.15, -0.1) is 0 Å².